The van der Waals surface area contributed by atoms with Crippen LogP contribution in [0.1, 0.15) is 5.56 Å². The minimum atomic E-state index is -0.629. The summed E-state index contributed by atoms with van der Waals surface area (Å²) in [5.74, 6) is -0.472. The molecule has 93 valence electrons. The Kier molecular flexibility index (Phi) is 2.93. The fraction of sp³-hybridized carbons (Fsp3) is 0.0833. The molecule has 2 amide bonds. The third kappa shape index (κ3) is 2.13. The largest absolute Gasteiger partial charge is 0.508 e. The Labute approximate surface area is 103 Å². The average Bonchev–Trinajstić information content (AvgIpc) is 2.64. The van der Waals surface area contributed by atoms with E-state index in [1.54, 1.807) is 6.07 Å². The molecule has 0 saturated carbocycles. The predicted octanol–water partition coefficient (Wildman–Crippen LogP) is 0.506. The Hall–Kier alpha value is -2.50. The summed E-state index contributed by atoms with van der Waals surface area (Å²) in [6.45, 7) is 0. The summed E-state index contributed by atoms with van der Waals surface area (Å²) in [7, 11) is 0. The smallest absolute Gasteiger partial charge is 0.323 e. The molecular formula is C12H12N3O3. The minimum absolute atomic E-state index is 0.0741. The van der Waals surface area contributed by atoms with Gasteiger partial charge in [-0.1, -0.05) is 0 Å². The van der Waals surface area contributed by atoms with Crippen LogP contribution in [-0.4, -0.2) is 21.6 Å². The zero-order chi connectivity index (χ0) is 13.3. The topological polar surface area (TPSA) is 111 Å². The van der Waals surface area contributed by atoms with Crippen molar-refractivity contribution in [3.8, 4) is 5.75 Å². The van der Waals surface area contributed by atoms with E-state index < -0.39 is 11.9 Å². The fourth-order valence-corrected chi connectivity index (χ4v) is 1.84. The van der Waals surface area contributed by atoms with Crippen LogP contribution in [0.2, 0.25) is 0 Å². The highest BCUT2D eigenvalue weighted by atomic mass is 16.3. The van der Waals surface area contributed by atoms with Crippen LogP contribution in [0.3, 0.4) is 0 Å². The van der Waals surface area contributed by atoms with Gasteiger partial charge in [-0.05, 0) is 30.2 Å². The zero-order valence-corrected chi connectivity index (χ0v) is 9.46. The number of hydrogen-bond donors (Lipinski definition) is 3. The van der Waals surface area contributed by atoms with E-state index in [-0.39, 0.29) is 12.2 Å². The molecule has 2 rings (SSSR count). The van der Waals surface area contributed by atoms with Gasteiger partial charge >= 0.3 is 6.03 Å². The molecule has 2 aromatic rings. The lowest BCUT2D eigenvalue weighted by Gasteiger charge is -1.98. The van der Waals surface area contributed by atoms with E-state index in [1.807, 2.05) is 0 Å². The molecule has 1 heterocycles. The van der Waals surface area contributed by atoms with E-state index in [1.165, 1.54) is 29.3 Å². The first-order valence-corrected chi connectivity index (χ1v) is 5.24. The number of amides is 2. The summed E-state index contributed by atoms with van der Waals surface area (Å²) >= 11 is 0. The van der Waals surface area contributed by atoms with Crippen LogP contribution in [0.5, 0.6) is 5.75 Å². The molecule has 0 spiro atoms. The van der Waals surface area contributed by atoms with Crippen LogP contribution in [0, 0.1) is 6.42 Å². The van der Waals surface area contributed by atoms with Crippen LogP contribution >= 0.6 is 0 Å². The molecule has 6 heteroatoms. The van der Waals surface area contributed by atoms with Crippen molar-refractivity contribution in [1.29, 1.82) is 0 Å². The van der Waals surface area contributed by atoms with Gasteiger partial charge < -0.3 is 16.6 Å². The number of carbonyl (C=O) groups is 2. The Bertz CT molecular complexity index is 631. The molecule has 1 radical (unpaired) electrons. The lowest BCUT2D eigenvalue weighted by molar-refractivity contribution is -0.115. The zero-order valence-electron chi connectivity index (χ0n) is 9.46. The molecule has 0 aliphatic carbocycles. The number of nitrogens with two attached hydrogens (primary N) is 2. The van der Waals surface area contributed by atoms with Crippen LogP contribution < -0.4 is 11.5 Å². The lowest BCUT2D eigenvalue weighted by atomic mass is 10.1. The summed E-state index contributed by atoms with van der Waals surface area (Å²) in [6.07, 6.45) is 3.10. The van der Waals surface area contributed by atoms with Gasteiger partial charge in [0.05, 0.1) is 11.9 Å². The molecule has 5 N–H and O–H groups in total. The van der Waals surface area contributed by atoms with Gasteiger partial charge in [-0.25, -0.2) is 4.79 Å². The monoisotopic (exact) mass is 246 g/mol. The molecule has 18 heavy (non-hydrogen) atoms. The van der Waals surface area contributed by atoms with Crippen molar-refractivity contribution in [2.75, 3.05) is 0 Å². The Morgan fingerprint density at radius 2 is 2.06 bits per heavy atom. The molecule has 0 bridgehead atoms. The summed E-state index contributed by atoms with van der Waals surface area (Å²) in [5.41, 5.74) is 11.6. The molecule has 0 unspecified atom stereocenters. The maximum atomic E-state index is 11.3. The second-order valence-corrected chi connectivity index (χ2v) is 3.87. The van der Waals surface area contributed by atoms with E-state index in [0.29, 0.717) is 16.5 Å². The lowest BCUT2D eigenvalue weighted by Crippen LogP contribution is -2.18. The summed E-state index contributed by atoms with van der Waals surface area (Å²) in [6, 6.07) is 3.93. The van der Waals surface area contributed by atoms with Gasteiger partial charge in [0.15, 0.2) is 0 Å². The molecule has 0 atom stereocenters. The van der Waals surface area contributed by atoms with Gasteiger partial charge in [0.25, 0.3) is 0 Å². The summed E-state index contributed by atoms with van der Waals surface area (Å²) < 4.78 is 1.26. The van der Waals surface area contributed by atoms with Crippen molar-refractivity contribution in [3.63, 3.8) is 0 Å². The SMILES string of the molecule is NC(=O)[CH]Cc1cn(C(N)=O)c2ccc(O)cc12. The highest BCUT2D eigenvalue weighted by Crippen LogP contribution is 2.26. The number of rotatable bonds is 3. The first-order chi connectivity index (χ1) is 8.49. The number of benzene rings is 1. The number of primary amides is 2. The van der Waals surface area contributed by atoms with Gasteiger partial charge in [-0.3, -0.25) is 9.36 Å². The van der Waals surface area contributed by atoms with Gasteiger partial charge in [0, 0.05) is 11.6 Å². The first kappa shape index (κ1) is 12.0. The second-order valence-electron chi connectivity index (χ2n) is 3.87. The number of aromatic hydroxyl groups is 1. The second kappa shape index (κ2) is 4.40. The third-order valence-electron chi connectivity index (χ3n) is 2.63. The average molecular weight is 246 g/mol. The Balaban J connectivity index is 2.54. The predicted molar refractivity (Wildman–Crippen MR) is 65.8 cm³/mol. The van der Waals surface area contributed by atoms with Crippen LogP contribution in [0.4, 0.5) is 4.79 Å². The summed E-state index contributed by atoms with van der Waals surface area (Å²) in [5, 5.41) is 10.1. The Morgan fingerprint density at radius 1 is 1.33 bits per heavy atom. The van der Waals surface area contributed by atoms with Crippen molar-refractivity contribution >= 4 is 22.8 Å². The normalized spacial score (nSPS) is 10.7. The number of carbonyl (C=O) groups excluding carboxylic acids is 2. The third-order valence-corrected chi connectivity index (χ3v) is 2.63. The van der Waals surface area contributed by atoms with Crippen molar-refractivity contribution in [1.82, 2.24) is 4.57 Å². The van der Waals surface area contributed by atoms with Crippen LogP contribution in [0.25, 0.3) is 10.9 Å². The molecule has 0 saturated heterocycles. The van der Waals surface area contributed by atoms with Gasteiger partial charge in [0.1, 0.15) is 5.75 Å². The highest BCUT2D eigenvalue weighted by molar-refractivity contribution is 5.94. The van der Waals surface area contributed by atoms with E-state index in [9.17, 15) is 14.7 Å². The fourth-order valence-electron chi connectivity index (χ4n) is 1.84. The number of hydrogen-bond acceptors (Lipinski definition) is 3. The van der Waals surface area contributed by atoms with Crippen molar-refractivity contribution in [2.24, 2.45) is 11.5 Å². The summed E-state index contributed by atoms with van der Waals surface area (Å²) in [4.78, 5) is 22.0. The number of nitrogens with zero attached hydrogens (tertiary/aromatic N) is 1. The molecule has 1 aromatic heterocycles. The number of fused-ring (bicyclic) bond motifs is 1. The van der Waals surface area contributed by atoms with Gasteiger partial charge in [-0.2, -0.15) is 0 Å². The standard InChI is InChI=1S/C12H12N3O3/c13-11(17)4-1-7-6-15(12(14)18)10-3-2-8(16)5-9(7)10/h2-6,16H,1H2,(H2,13,17)(H2,14,18). The van der Waals surface area contributed by atoms with E-state index in [0.717, 1.165) is 0 Å². The quantitative estimate of drug-likeness (QED) is 0.733. The maximum absolute atomic E-state index is 11.3. The van der Waals surface area contributed by atoms with Crippen LogP contribution in [0.15, 0.2) is 24.4 Å². The van der Waals surface area contributed by atoms with Crippen LogP contribution in [-0.2, 0) is 11.2 Å². The maximum Gasteiger partial charge on any atom is 0.323 e. The molecule has 0 aliphatic heterocycles. The molecule has 0 aliphatic rings. The first-order valence-electron chi connectivity index (χ1n) is 5.24. The van der Waals surface area contributed by atoms with Gasteiger partial charge in [0.2, 0.25) is 5.91 Å². The number of aromatic nitrogens is 1. The molecule has 6 nitrogen and oxygen atoms in total. The van der Waals surface area contributed by atoms with E-state index in [2.05, 4.69) is 0 Å². The molecule has 0 fully saturated rings. The number of phenols is 1. The Morgan fingerprint density at radius 3 is 2.67 bits per heavy atom. The molecule has 1 aromatic carbocycles. The number of phenolic OH excluding ortho intramolecular Hbond substituents is 1. The van der Waals surface area contributed by atoms with E-state index >= 15 is 0 Å². The van der Waals surface area contributed by atoms with Crippen molar-refractivity contribution in [2.45, 2.75) is 6.42 Å². The van der Waals surface area contributed by atoms with Crippen molar-refractivity contribution in [3.05, 3.63) is 36.4 Å². The van der Waals surface area contributed by atoms with E-state index in [4.69, 9.17) is 11.5 Å². The van der Waals surface area contributed by atoms with Gasteiger partial charge in [-0.15, -0.1) is 0 Å². The van der Waals surface area contributed by atoms with Crippen molar-refractivity contribution < 1.29 is 14.7 Å². The minimum Gasteiger partial charge on any atom is -0.508 e. The highest BCUT2D eigenvalue weighted by Gasteiger charge is 2.12. The molecular weight excluding hydrogens is 234 g/mol.